The van der Waals surface area contributed by atoms with Gasteiger partial charge in [-0.2, -0.15) is 0 Å². The molecule has 4 rings (SSSR count). The van der Waals surface area contributed by atoms with E-state index in [0.29, 0.717) is 36.5 Å². The van der Waals surface area contributed by atoms with E-state index in [4.69, 9.17) is 11.6 Å². The van der Waals surface area contributed by atoms with E-state index in [-0.39, 0.29) is 23.6 Å². The molecular formula is C22H22ClN5O2. The minimum absolute atomic E-state index is 0.0456. The standard InChI is InChI=1S/C22H22ClN5O2/c1-15-4-2-5-16(12-15)21(29)24-18-8-10-27(11-9-18)22(30)20-14-28(26-25-20)19-7-3-6-17(23)13-19/h2-7,12-14,18H,8-11H2,1H3,(H,24,29). The van der Waals surface area contributed by atoms with Crippen LogP contribution in [0.2, 0.25) is 5.02 Å². The number of nitrogens with one attached hydrogen (secondary N) is 1. The molecule has 1 aromatic heterocycles. The Morgan fingerprint density at radius 3 is 2.60 bits per heavy atom. The number of likely N-dealkylation sites (tertiary alicyclic amines) is 1. The number of benzene rings is 2. The molecule has 0 aliphatic carbocycles. The first-order chi connectivity index (χ1) is 14.5. The first-order valence-electron chi connectivity index (χ1n) is 9.85. The summed E-state index contributed by atoms with van der Waals surface area (Å²) in [7, 11) is 0. The first kappa shape index (κ1) is 20.1. The highest BCUT2D eigenvalue weighted by Gasteiger charge is 2.26. The SMILES string of the molecule is Cc1cccc(C(=O)NC2CCN(C(=O)c3cn(-c4cccc(Cl)c4)nn3)CC2)c1. The number of rotatable bonds is 4. The summed E-state index contributed by atoms with van der Waals surface area (Å²) in [6, 6.07) is 14.8. The van der Waals surface area contributed by atoms with Crippen LogP contribution in [0.25, 0.3) is 5.69 Å². The lowest BCUT2D eigenvalue weighted by molar-refractivity contribution is 0.0692. The van der Waals surface area contributed by atoms with Crippen LogP contribution in [0.15, 0.2) is 54.7 Å². The highest BCUT2D eigenvalue weighted by molar-refractivity contribution is 6.30. The van der Waals surface area contributed by atoms with Crippen molar-refractivity contribution >= 4 is 23.4 Å². The quantitative estimate of drug-likeness (QED) is 0.698. The average molecular weight is 424 g/mol. The Kier molecular flexibility index (Phi) is 5.81. The average Bonchev–Trinajstić information content (AvgIpc) is 3.24. The minimum Gasteiger partial charge on any atom is -0.349 e. The Labute approximate surface area is 179 Å². The van der Waals surface area contributed by atoms with Crippen molar-refractivity contribution in [3.63, 3.8) is 0 Å². The van der Waals surface area contributed by atoms with Crippen LogP contribution in [0.3, 0.4) is 0 Å². The number of aryl methyl sites for hydroxylation is 1. The van der Waals surface area contributed by atoms with Gasteiger partial charge in [-0.3, -0.25) is 9.59 Å². The second-order valence-corrected chi connectivity index (χ2v) is 7.87. The Morgan fingerprint density at radius 2 is 1.87 bits per heavy atom. The molecule has 2 aromatic carbocycles. The highest BCUT2D eigenvalue weighted by atomic mass is 35.5. The summed E-state index contributed by atoms with van der Waals surface area (Å²) in [4.78, 5) is 27.0. The van der Waals surface area contributed by atoms with Crippen LogP contribution >= 0.6 is 11.6 Å². The third kappa shape index (κ3) is 4.52. The molecule has 1 fully saturated rings. The number of halogens is 1. The van der Waals surface area contributed by atoms with E-state index in [1.54, 1.807) is 23.2 Å². The smallest absolute Gasteiger partial charge is 0.276 e. The number of carbonyl (C=O) groups excluding carboxylic acids is 2. The van der Waals surface area contributed by atoms with Crippen LogP contribution in [0.5, 0.6) is 0 Å². The number of hydrogen-bond acceptors (Lipinski definition) is 4. The Morgan fingerprint density at radius 1 is 1.10 bits per heavy atom. The van der Waals surface area contributed by atoms with Crippen molar-refractivity contribution in [1.29, 1.82) is 0 Å². The number of nitrogens with zero attached hydrogens (tertiary/aromatic N) is 4. The zero-order chi connectivity index (χ0) is 21.1. The minimum atomic E-state index is -0.160. The summed E-state index contributed by atoms with van der Waals surface area (Å²) in [5.41, 5.74) is 2.74. The molecule has 1 aliphatic rings. The van der Waals surface area contributed by atoms with Gasteiger partial charge in [-0.1, -0.05) is 40.6 Å². The predicted octanol–water partition coefficient (Wildman–Crippen LogP) is 3.26. The lowest BCUT2D eigenvalue weighted by atomic mass is 10.0. The van der Waals surface area contributed by atoms with Crippen molar-refractivity contribution in [1.82, 2.24) is 25.2 Å². The van der Waals surface area contributed by atoms with Crippen LogP contribution < -0.4 is 5.32 Å². The largest absolute Gasteiger partial charge is 0.349 e. The summed E-state index contributed by atoms with van der Waals surface area (Å²) in [6.45, 7) is 3.08. The Hall–Kier alpha value is -3.19. The summed E-state index contributed by atoms with van der Waals surface area (Å²) in [5, 5.41) is 11.7. The van der Waals surface area contributed by atoms with Crippen LogP contribution in [0.4, 0.5) is 0 Å². The van der Waals surface area contributed by atoms with E-state index in [1.165, 1.54) is 4.68 Å². The molecule has 0 atom stereocenters. The molecule has 0 radical (unpaired) electrons. The lowest BCUT2D eigenvalue weighted by Crippen LogP contribution is -2.46. The molecule has 0 saturated carbocycles. The van der Waals surface area contributed by atoms with Gasteiger partial charge in [0.15, 0.2) is 5.69 Å². The van der Waals surface area contributed by atoms with Crippen LogP contribution in [-0.2, 0) is 0 Å². The van der Waals surface area contributed by atoms with Gasteiger partial charge in [0.25, 0.3) is 11.8 Å². The predicted molar refractivity (Wildman–Crippen MR) is 114 cm³/mol. The molecule has 1 aliphatic heterocycles. The molecule has 2 amide bonds. The van der Waals surface area contributed by atoms with Crippen molar-refractivity contribution in [2.45, 2.75) is 25.8 Å². The van der Waals surface area contributed by atoms with Gasteiger partial charge in [-0.05, 0) is 50.1 Å². The maximum absolute atomic E-state index is 12.8. The molecule has 1 N–H and O–H groups in total. The van der Waals surface area contributed by atoms with Gasteiger partial charge in [0.05, 0.1) is 11.9 Å². The number of amides is 2. The van der Waals surface area contributed by atoms with Gasteiger partial charge < -0.3 is 10.2 Å². The first-order valence-corrected chi connectivity index (χ1v) is 10.2. The zero-order valence-electron chi connectivity index (χ0n) is 16.6. The van der Waals surface area contributed by atoms with Gasteiger partial charge in [0.1, 0.15) is 0 Å². The van der Waals surface area contributed by atoms with Crippen LogP contribution in [0, 0.1) is 6.92 Å². The zero-order valence-corrected chi connectivity index (χ0v) is 17.3. The second-order valence-electron chi connectivity index (χ2n) is 7.44. The fraction of sp³-hybridized carbons (Fsp3) is 0.273. The van der Waals surface area contributed by atoms with Crippen LogP contribution in [0.1, 0.15) is 39.3 Å². The molecule has 1 saturated heterocycles. The van der Waals surface area contributed by atoms with Crippen molar-refractivity contribution in [3.05, 3.63) is 76.6 Å². The maximum atomic E-state index is 12.8. The van der Waals surface area contributed by atoms with E-state index < -0.39 is 0 Å². The molecule has 2 heterocycles. The van der Waals surface area contributed by atoms with Gasteiger partial charge in [-0.15, -0.1) is 5.10 Å². The number of hydrogen-bond donors (Lipinski definition) is 1. The molecule has 8 heteroatoms. The van der Waals surface area contributed by atoms with Gasteiger partial charge >= 0.3 is 0 Å². The third-order valence-corrected chi connectivity index (χ3v) is 5.42. The summed E-state index contributed by atoms with van der Waals surface area (Å²) in [6.07, 6.45) is 3.01. The van der Waals surface area contributed by atoms with E-state index in [1.807, 2.05) is 43.3 Å². The topological polar surface area (TPSA) is 80.1 Å². The fourth-order valence-electron chi connectivity index (χ4n) is 3.55. The van der Waals surface area contributed by atoms with E-state index >= 15 is 0 Å². The molecule has 30 heavy (non-hydrogen) atoms. The highest BCUT2D eigenvalue weighted by Crippen LogP contribution is 2.17. The van der Waals surface area contributed by atoms with Crippen molar-refractivity contribution in [2.75, 3.05) is 13.1 Å². The van der Waals surface area contributed by atoms with E-state index in [2.05, 4.69) is 15.6 Å². The number of carbonyl (C=O) groups is 2. The molecule has 0 spiro atoms. The van der Waals surface area contributed by atoms with Gasteiger partial charge in [0.2, 0.25) is 0 Å². The van der Waals surface area contributed by atoms with Crippen molar-refractivity contribution in [3.8, 4) is 5.69 Å². The Balaban J connectivity index is 1.34. The monoisotopic (exact) mass is 423 g/mol. The molecule has 154 valence electrons. The molecular weight excluding hydrogens is 402 g/mol. The van der Waals surface area contributed by atoms with E-state index in [0.717, 1.165) is 11.3 Å². The number of piperidine rings is 1. The molecule has 3 aromatic rings. The summed E-state index contributed by atoms with van der Waals surface area (Å²) in [5.74, 6) is -0.236. The van der Waals surface area contributed by atoms with Gasteiger partial charge in [0, 0.05) is 29.7 Å². The number of aromatic nitrogens is 3. The maximum Gasteiger partial charge on any atom is 0.276 e. The molecule has 0 unspecified atom stereocenters. The second kappa shape index (κ2) is 8.67. The normalized spacial score (nSPS) is 14.5. The van der Waals surface area contributed by atoms with E-state index in [9.17, 15) is 9.59 Å². The molecule has 0 bridgehead atoms. The molecule has 7 nitrogen and oxygen atoms in total. The van der Waals surface area contributed by atoms with Crippen molar-refractivity contribution < 1.29 is 9.59 Å². The van der Waals surface area contributed by atoms with Crippen molar-refractivity contribution in [2.24, 2.45) is 0 Å². The summed E-state index contributed by atoms with van der Waals surface area (Å²) < 4.78 is 1.54. The lowest BCUT2D eigenvalue weighted by Gasteiger charge is -2.31. The van der Waals surface area contributed by atoms with Gasteiger partial charge in [-0.25, -0.2) is 4.68 Å². The Bertz CT molecular complexity index is 1070. The summed E-state index contributed by atoms with van der Waals surface area (Å²) >= 11 is 6.02. The third-order valence-electron chi connectivity index (χ3n) is 5.18. The fourth-order valence-corrected chi connectivity index (χ4v) is 3.74. The van der Waals surface area contributed by atoms with Crippen LogP contribution in [-0.4, -0.2) is 50.8 Å².